The molecular formula is C15H23N3OS. The van der Waals surface area contributed by atoms with Gasteiger partial charge in [0.1, 0.15) is 0 Å². The predicted molar refractivity (Wildman–Crippen MR) is 83.2 cm³/mol. The van der Waals surface area contributed by atoms with Crippen molar-refractivity contribution in [1.82, 2.24) is 15.5 Å². The zero-order valence-electron chi connectivity index (χ0n) is 12.7. The minimum absolute atomic E-state index is 0.352. The van der Waals surface area contributed by atoms with E-state index in [2.05, 4.69) is 42.3 Å². The third-order valence-corrected chi connectivity index (χ3v) is 4.64. The zero-order valence-corrected chi connectivity index (χ0v) is 13.5. The fraction of sp³-hybridized carbons (Fsp3) is 0.600. The summed E-state index contributed by atoms with van der Waals surface area (Å²) < 4.78 is 5.41. The Bertz CT molecular complexity index is 547. The van der Waals surface area contributed by atoms with Gasteiger partial charge in [-0.05, 0) is 38.4 Å². The molecule has 2 rings (SSSR count). The molecule has 0 radical (unpaired) electrons. The van der Waals surface area contributed by atoms with Crippen molar-refractivity contribution in [2.75, 3.05) is 7.05 Å². The Morgan fingerprint density at radius 1 is 1.40 bits per heavy atom. The van der Waals surface area contributed by atoms with Gasteiger partial charge in [0, 0.05) is 17.3 Å². The normalized spacial score (nSPS) is 12.8. The maximum atomic E-state index is 5.41. The average Bonchev–Trinajstić information content (AvgIpc) is 3.05. The van der Waals surface area contributed by atoms with Crippen LogP contribution in [0.1, 0.15) is 43.5 Å². The van der Waals surface area contributed by atoms with Gasteiger partial charge in [-0.15, -0.1) is 11.3 Å². The number of nitrogens with zero attached hydrogens (tertiary/aromatic N) is 2. The molecule has 0 saturated carbocycles. The van der Waals surface area contributed by atoms with Crippen LogP contribution in [-0.2, 0) is 19.3 Å². The summed E-state index contributed by atoms with van der Waals surface area (Å²) in [4.78, 5) is 7.06. The summed E-state index contributed by atoms with van der Waals surface area (Å²) in [5.41, 5.74) is 1.41. The number of likely N-dealkylation sites (N-methyl/N-ethyl adjacent to an activating group) is 1. The van der Waals surface area contributed by atoms with Crippen molar-refractivity contribution in [3.63, 3.8) is 0 Å². The second-order valence-corrected chi connectivity index (χ2v) is 6.21. The summed E-state index contributed by atoms with van der Waals surface area (Å²) in [6.07, 6.45) is 4.14. The summed E-state index contributed by atoms with van der Waals surface area (Å²) in [7, 11) is 1.94. The van der Waals surface area contributed by atoms with Gasteiger partial charge in [0.2, 0.25) is 0 Å². The molecule has 1 unspecified atom stereocenters. The highest BCUT2D eigenvalue weighted by atomic mass is 32.1. The zero-order chi connectivity index (χ0) is 14.5. The van der Waals surface area contributed by atoms with E-state index in [1.165, 1.54) is 16.9 Å². The molecule has 0 bridgehead atoms. The van der Waals surface area contributed by atoms with E-state index >= 15 is 0 Å². The molecule has 0 aliphatic heterocycles. The Hall–Kier alpha value is -1.20. The van der Waals surface area contributed by atoms with Crippen LogP contribution >= 0.6 is 11.3 Å². The first kappa shape index (κ1) is 15.2. The van der Waals surface area contributed by atoms with Crippen molar-refractivity contribution in [1.29, 1.82) is 0 Å². The Labute approximate surface area is 124 Å². The third-order valence-electron chi connectivity index (χ3n) is 3.42. The first-order valence-electron chi connectivity index (χ1n) is 7.29. The van der Waals surface area contributed by atoms with Crippen LogP contribution in [-0.4, -0.2) is 23.2 Å². The van der Waals surface area contributed by atoms with Gasteiger partial charge in [-0.2, -0.15) is 4.98 Å². The van der Waals surface area contributed by atoms with Crippen LogP contribution < -0.4 is 5.32 Å². The number of thiophene rings is 1. The van der Waals surface area contributed by atoms with Crippen LogP contribution in [0.4, 0.5) is 0 Å². The quantitative estimate of drug-likeness (QED) is 0.849. The summed E-state index contributed by atoms with van der Waals surface area (Å²) in [6.45, 7) is 6.51. The SMILES string of the molecule is CCCc1sc(-c2nc(CC(C)NC)no2)cc1CC. The molecule has 0 fully saturated rings. The van der Waals surface area contributed by atoms with E-state index < -0.39 is 0 Å². The topological polar surface area (TPSA) is 51.0 Å². The first-order valence-corrected chi connectivity index (χ1v) is 8.11. The average molecular weight is 293 g/mol. The predicted octanol–water partition coefficient (Wildman–Crippen LogP) is 3.46. The molecule has 4 nitrogen and oxygen atoms in total. The lowest BCUT2D eigenvalue weighted by Gasteiger charge is -2.04. The van der Waals surface area contributed by atoms with Crippen LogP contribution in [0.5, 0.6) is 0 Å². The number of nitrogens with one attached hydrogen (secondary N) is 1. The Kier molecular flexibility index (Phi) is 5.31. The van der Waals surface area contributed by atoms with Gasteiger partial charge >= 0.3 is 0 Å². The molecule has 0 amide bonds. The molecule has 1 atom stereocenters. The fourth-order valence-electron chi connectivity index (χ4n) is 2.12. The number of hydrogen-bond donors (Lipinski definition) is 1. The van der Waals surface area contributed by atoms with Crippen LogP contribution in [0.3, 0.4) is 0 Å². The number of hydrogen-bond acceptors (Lipinski definition) is 5. The second kappa shape index (κ2) is 6.99. The van der Waals surface area contributed by atoms with Crippen molar-refractivity contribution >= 4 is 11.3 Å². The first-order chi connectivity index (χ1) is 9.67. The lowest BCUT2D eigenvalue weighted by molar-refractivity contribution is 0.419. The number of aryl methyl sites for hydroxylation is 2. The van der Waals surface area contributed by atoms with Gasteiger partial charge in [0.15, 0.2) is 5.82 Å². The van der Waals surface area contributed by atoms with E-state index in [1.54, 1.807) is 11.3 Å². The van der Waals surface area contributed by atoms with Gasteiger partial charge in [-0.1, -0.05) is 25.4 Å². The molecule has 2 aromatic rings. The van der Waals surface area contributed by atoms with Gasteiger partial charge < -0.3 is 9.84 Å². The molecule has 0 aliphatic carbocycles. The lowest BCUT2D eigenvalue weighted by Crippen LogP contribution is -2.24. The lowest BCUT2D eigenvalue weighted by atomic mass is 10.1. The number of rotatable bonds is 7. The van der Waals surface area contributed by atoms with Crippen molar-refractivity contribution in [3.8, 4) is 10.8 Å². The summed E-state index contributed by atoms with van der Waals surface area (Å²) in [5, 5.41) is 7.25. The van der Waals surface area contributed by atoms with Crippen molar-refractivity contribution in [3.05, 3.63) is 22.3 Å². The molecule has 110 valence electrons. The summed E-state index contributed by atoms with van der Waals surface area (Å²) in [5.74, 6) is 1.43. The van der Waals surface area contributed by atoms with Gasteiger partial charge in [0.05, 0.1) is 4.88 Å². The molecule has 1 N–H and O–H groups in total. The summed E-state index contributed by atoms with van der Waals surface area (Å²) in [6, 6.07) is 2.56. The van der Waals surface area contributed by atoms with Crippen LogP contribution in [0.2, 0.25) is 0 Å². The van der Waals surface area contributed by atoms with E-state index in [9.17, 15) is 0 Å². The molecule has 2 aromatic heterocycles. The van der Waals surface area contributed by atoms with E-state index in [0.29, 0.717) is 11.9 Å². The molecular weight excluding hydrogens is 270 g/mol. The molecule has 0 aliphatic rings. The molecule has 0 saturated heterocycles. The fourth-order valence-corrected chi connectivity index (χ4v) is 3.40. The van der Waals surface area contributed by atoms with E-state index in [4.69, 9.17) is 4.52 Å². The number of aromatic nitrogens is 2. The van der Waals surface area contributed by atoms with Crippen molar-refractivity contribution < 1.29 is 4.52 Å². The van der Waals surface area contributed by atoms with Crippen LogP contribution in [0.15, 0.2) is 10.6 Å². The molecule has 0 spiro atoms. The highest BCUT2D eigenvalue weighted by Crippen LogP contribution is 2.31. The molecule has 0 aromatic carbocycles. The largest absolute Gasteiger partial charge is 0.333 e. The standard InChI is InChI=1S/C15H23N3OS/c1-5-7-12-11(6-2)9-13(20-12)15-17-14(18-19-15)8-10(3)16-4/h9-10,16H,5-8H2,1-4H3. The smallest absolute Gasteiger partial charge is 0.268 e. The highest BCUT2D eigenvalue weighted by molar-refractivity contribution is 7.15. The molecule has 2 heterocycles. The van der Waals surface area contributed by atoms with E-state index in [0.717, 1.165) is 30.0 Å². The Balaban J connectivity index is 2.19. The van der Waals surface area contributed by atoms with Crippen LogP contribution in [0, 0.1) is 0 Å². The van der Waals surface area contributed by atoms with Crippen LogP contribution in [0.25, 0.3) is 10.8 Å². The van der Waals surface area contributed by atoms with Gasteiger partial charge in [-0.25, -0.2) is 0 Å². The molecule has 5 heteroatoms. The van der Waals surface area contributed by atoms with E-state index in [-0.39, 0.29) is 0 Å². The maximum Gasteiger partial charge on any atom is 0.268 e. The minimum Gasteiger partial charge on any atom is -0.333 e. The van der Waals surface area contributed by atoms with E-state index in [1.807, 2.05) is 7.05 Å². The Morgan fingerprint density at radius 2 is 2.20 bits per heavy atom. The van der Waals surface area contributed by atoms with Gasteiger partial charge in [0.25, 0.3) is 5.89 Å². The Morgan fingerprint density at radius 3 is 2.85 bits per heavy atom. The third kappa shape index (κ3) is 3.46. The highest BCUT2D eigenvalue weighted by Gasteiger charge is 2.15. The van der Waals surface area contributed by atoms with Gasteiger partial charge in [-0.3, -0.25) is 0 Å². The van der Waals surface area contributed by atoms with Crippen molar-refractivity contribution in [2.24, 2.45) is 0 Å². The van der Waals surface area contributed by atoms with Crippen molar-refractivity contribution in [2.45, 2.75) is 52.5 Å². The second-order valence-electron chi connectivity index (χ2n) is 5.07. The summed E-state index contributed by atoms with van der Waals surface area (Å²) >= 11 is 1.79. The maximum absolute atomic E-state index is 5.41. The monoisotopic (exact) mass is 293 g/mol. The molecule has 20 heavy (non-hydrogen) atoms. The minimum atomic E-state index is 0.352.